The Labute approximate surface area is 136 Å². The third-order valence-electron chi connectivity index (χ3n) is 3.20. The van der Waals surface area contributed by atoms with Crippen LogP contribution in [0.3, 0.4) is 0 Å². The highest BCUT2D eigenvalue weighted by Gasteiger charge is 2.23. The Morgan fingerprint density at radius 1 is 1.35 bits per heavy atom. The van der Waals surface area contributed by atoms with E-state index >= 15 is 0 Å². The number of methoxy groups -OCH3 is 1. The van der Waals surface area contributed by atoms with Crippen LogP contribution < -0.4 is 4.72 Å². The molecule has 130 valence electrons. The van der Waals surface area contributed by atoms with Gasteiger partial charge in [0, 0.05) is 7.11 Å². The van der Waals surface area contributed by atoms with Crippen LogP contribution in [-0.2, 0) is 19.5 Å². The van der Waals surface area contributed by atoms with Crippen LogP contribution in [0.2, 0.25) is 0 Å². The fourth-order valence-corrected chi connectivity index (χ4v) is 3.46. The predicted molar refractivity (Wildman–Crippen MR) is 87.1 cm³/mol. The molecule has 0 bridgehead atoms. The maximum atomic E-state index is 12.2. The van der Waals surface area contributed by atoms with Gasteiger partial charge in [0.1, 0.15) is 5.75 Å². The highest BCUT2D eigenvalue weighted by Crippen LogP contribution is 2.26. The predicted octanol–water partition coefficient (Wildman–Crippen LogP) is 1.98. The summed E-state index contributed by atoms with van der Waals surface area (Å²) in [6.45, 7) is 5.59. The molecule has 1 unspecified atom stereocenters. The van der Waals surface area contributed by atoms with Crippen molar-refractivity contribution in [3.63, 3.8) is 0 Å². The quantitative estimate of drug-likeness (QED) is 0.552. The molecule has 0 fully saturated rings. The van der Waals surface area contributed by atoms with Gasteiger partial charge in [-0.2, -0.15) is 0 Å². The number of carbonyl (C=O) groups is 1. The molecule has 1 atom stereocenters. The first-order valence-electron chi connectivity index (χ1n) is 7.23. The molecule has 1 rings (SSSR count). The number of carbonyl (C=O) groups excluding carboxylic acids is 1. The van der Waals surface area contributed by atoms with Crippen LogP contribution in [-0.4, -0.2) is 45.1 Å². The number of anilines is 1. The maximum absolute atomic E-state index is 12.2. The zero-order valence-electron chi connectivity index (χ0n) is 13.7. The molecule has 0 aliphatic rings. The van der Waals surface area contributed by atoms with Crippen LogP contribution in [0.25, 0.3) is 0 Å². The molecule has 2 N–H and O–H groups in total. The van der Waals surface area contributed by atoms with E-state index < -0.39 is 22.1 Å². The molecule has 23 heavy (non-hydrogen) atoms. The highest BCUT2D eigenvalue weighted by atomic mass is 32.2. The molecule has 0 heterocycles. The van der Waals surface area contributed by atoms with Gasteiger partial charge in [-0.15, -0.1) is 0 Å². The molecule has 0 amide bonds. The molecular weight excluding hydrogens is 322 g/mol. The van der Waals surface area contributed by atoms with Crippen molar-refractivity contribution >= 4 is 21.7 Å². The lowest BCUT2D eigenvalue weighted by Crippen LogP contribution is -2.31. The standard InChI is InChI=1S/C15H23NO6S/c1-5-22-15(18)11-6-7-12(13(17)8-11)16-23(19,20)9-14(21-4)10(2)3/h6-8,10,14,16-17H,5,9H2,1-4H3. The summed E-state index contributed by atoms with van der Waals surface area (Å²) in [5.41, 5.74) is 0.140. The van der Waals surface area contributed by atoms with E-state index in [-0.39, 0.29) is 35.3 Å². The number of phenols is 1. The molecule has 0 spiro atoms. The van der Waals surface area contributed by atoms with Crippen molar-refractivity contribution in [2.45, 2.75) is 26.9 Å². The molecule has 1 aromatic carbocycles. The van der Waals surface area contributed by atoms with Gasteiger partial charge >= 0.3 is 5.97 Å². The Morgan fingerprint density at radius 3 is 2.48 bits per heavy atom. The Kier molecular flexibility index (Phi) is 6.83. The Bertz CT molecular complexity index is 641. The van der Waals surface area contributed by atoms with Crippen molar-refractivity contribution in [2.24, 2.45) is 5.92 Å². The fourth-order valence-electron chi connectivity index (χ4n) is 1.92. The molecule has 0 saturated heterocycles. The summed E-state index contributed by atoms with van der Waals surface area (Å²) in [4.78, 5) is 11.6. The average Bonchev–Trinajstić information content (AvgIpc) is 2.46. The number of rotatable bonds is 8. The van der Waals surface area contributed by atoms with Crippen LogP contribution in [0.1, 0.15) is 31.1 Å². The number of phenolic OH excluding ortho intramolecular Hbond substituents is 1. The van der Waals surface area contributed by atoms with Crippen LogP contribution in [0.4, 0.5) is 5.69 Å². The van der Waals surface area contributed by atoms with E-state index in [0.29, 0.717) is 0 Å². The minimum atomic E-state index is -3.71. The summed E-state index contributed by atoms with van der Waals surface area (Å²) in [5.74, 6) is -1.15. The van der Waals surface area contributed by atoms with Crippen molar-refractivity contribution in [3.05, 3.63) is 23.8 Å². The molecule has 0 radical (unpaired) electrons. The van der Waals surface area contributed by atoms with Crippen molar-refractivity contribution in [3.8, 4) is 5.75 Å². The average molecular weight is 345 g/mol. The Morgan fingerprint density at radius 2 is 2.00 bits per heavy atom. The van der Waals surface area contributed by atoms with Crippen LogP contribution in [0.5, 0.6) is 5.75 Å². The SMILES string of the molecule is CCOC(=O)c1ccc(NS(=O)(=O)CC(OC)C(C)C)c(O)c1. The van der Waals surface area contributed by atoms with E-state index in [0.717, 1.165) is 6.07 Å². The maximum Gasteiger partial charge on any atom is 0.338 e. The third kappa shape index (κ3) is 5.72. The Hall–Kier alpha value is -1.80. The van der Waals surface area contributed by atoms with Gasteiger partial charge in [0.25, 0.3) is 0 Å². The van der Waals surface area contributed by atoms with E-state index in [9.17, 15) is 18.3 Å². The normalized spacial score (nSPS) is 12.9. The summed E-state index contributed by atoms with van der Waals surface area (Å²) in [7, 11) is -2.26. The minimum Gasteiger partial charge on any atom is -0.506 e. The molecule has 0 aliphatic heterocycles. The first-order chi connectivity index (χ1) is 10.7. The lowest BCUT2D eigenvalue weighted by Gasteiger charge is -2.19. The molecule has 1 aromatic rings. The summed E-state index contributed by atoms with van der Waals surface area (Å²) < 4.78 is 36.6. The van der Waals surface area contributed by atoms with Crippen LogP contribution in [0.15, 0.2) is 18.2 Å². The topological polar surface area (TPSA) is 102 Å². The van der Waals surface area contributed by atoms with Crippen molar-refractivity contribution < 1.29 is 27.8 Å². The largest absolute Gasteiger partial charge is 0.506 e. The second-order valence-corrected chi connectivity index (χ2v) is 7.12. The third-order valence-corrected chi connectivity index (χ3v) is 4.50. The lowest BCUT2D eigenvalue weighted by atomic mass is 10.1. The van der Waals surface area contributed by atoms with Gasteiger partial charge in [0.05, 0.1) is 29.7 Å². The van der Waals surface area contributed by atoms with E-state index in [2.05, 4.69) is 4.72 Å². The summed E-state index contributed by atoms with van der Waals surface area (Å²) in [5, 5.41) is 9.91. The van der Waals surface area contributed by atoms with Gasteiger partial charge in [-0.25, -0.2) is 13.2 Å². The number of aromatic hydroxyl groups is 1. The van der Waals surface area contributed by atoms with Gasteiger partial charge in [0.2, 0.25) is 10.0 Å². The highest BCUT2D eigenvalue weighted by molar-refractivity contribution is 7.92. The zero-order valence-corrected chi connectivity index (χ0v) is 14.5. The molecule has 7 nitrogen and oxygen atoms in total. The van der Waals surface area contributed by atoms with E-state index in [1.54, 1.807) is 6.92 Å². The van der Waals surface area contributed by atoms with Gasteiger partial charge < -0.3 is 14.6 Å². The number of hydrogen-bond donors (Lipinski definition) is 2. The smallest absolute Gasteiger partial charge is 0.338 e. The second kappa shape index (κ2) is 8.16. The number of sulfonamides is 1. The monoisotopic (exact) mass is 345 g/mol. The van der Waals surface area contributed by atoms with E-state index in [1.165, 1.54) is 19.2 Å². The van der Waals surface area contributed by atoms with Gasteiger partial charge in [-0.3, -0.25) is 4.72 Å². The van der Waals surface area contributed by atoms with Crippen molar-refractivity contribution in [1.29, 1.82) is 0 Å². The summed E-state index contributed by atoms with van der Waals surface area (Å²) in [6, 6.07) is 3.86. The molecule has 0 aliphatic carbocycles. The Balaban J connectivity index is 2.90. The molecule has 0 aromatic heterocycles. The van der Waals surface area contributed by atoms with E-state index in [4.69, 9.17) is 9.47 Å². The summed E-state index contributed by atoms with van der Waals surface area (Å²) in [6.07, 6.45) is -0.464. The van der Waals surface area contributed by atoms with Gasteiger partial charge in [0.15, 0.2) is 0 Å². The zero-order chi connectivity index (χ0) is 17.6. The number of benzene rings is 1. The first-order valence-corrected chi connectivity index (χ1v) is 8.88. The summed E-state index contributed by atoms with van der Waals surface area (Å²) >= 11 is 0. The first kappa shape index (κ1) is 19.2. The van der Waals surface area contributed by atoms with Gasteiger partial charge in [-0.1, -0.05) is 13.8 Å². The molecular formula is C15H23NO6S. The lowest BCUT2D eigenvalue weighted by molar-refractivity contribution is 0.0526. The molecule has 8 heteroatoms. The number of ether oxygens (including phenoxy) is 2. The second-order valence-electron chi connectivity index (χ2n) is 5.35. The number of esters is 1. The molecule has 0 saturated carbocycles. The van der Waals surface area contributed by atoms with Crippen molar-refractivity contribution in [2.75, 3.05) is 24.2 Å². The fraction of sp³-hybridized carbons (Fsp3) is 0.533. The minimum absolute atomic E-state index is 0.00309. The number of nitrogens with one attached hydrogen (secondary N) is 1. The van der Waals surface area contributed by atoms with Crippen LogP contribution in [0, 0.1) is 5.92 Å². The number of hydrogen-bond acceptors (Lipinski definition) is 6. The van der Waals surface area contributed by atoms with Gasteiger partial charge in [-0.05, 0) is 31.0 Å². The van der Waals surface area contributed by atoms with Crippen LogP contribution >= 0.6 is 0 Å². The van der Waals surface area contributed by atoms with Crippen molar-refractivity contribution in [1.82, 2.24) is 0 Å². The van der Waals surface area contributed by atoms with E-state index in [1.807, 2.05) is 13.8 Å².